The van der Waals surface area contributed by atoms with Crippen molar-refractivity contribution < 1.29 is 4.79 Å². The van der Waals surface area contributed by atoms with E-state index in [0.717, 1.165) is 11.0 Å². The molecule has 0 spiro atoms. The van der Waals surface area contributed by atoms with Gasteiger partial charge in [0.05, 0.1) is 11.0 Å². The van der Waals surface area contributed by atoms with Crippen molar-refractivity contribution in [2.45, 2.75) is 13.3 Å². The standard InChI is InChI=1S/C10H10N2O/c1-2-10(13)12-7-11-8-5-3-4-6-9(8)12/h3-7H,2H2,1H3. The number of nitrogens with zero attached hydrogens (tertiary/aromatic N) is 2. The largest absolute Gasteiger partial charge is 0.274 e. The van der Waals surface area contributed by atoms with Crippen molar-refractivity contribution in [1.29, 1.82) is 0 Å². The first-order valence-electron chi connectivity index (χ1n) is 4.28. The molecule has 1 aromatic heterocycles. The second kappa shape index (κ2) is 3.01. The van der Waals surface area contributed by atoms with E-state index in [1.54, 1.807) is 10.9 Å². The van der Waals surface area contributed by atoms with Gasteiger partial charge in [0.1, 0.15) is 6.33 Å². The van der Waals surface area contributed by atoms with Crippen molar-refractivity contribution in [3.63, 3.8) is 0 Å². The van der Waals surface area contributed by atoms with E-state index in [2.05, 4.69) is 4.98 Å². The Morgan fingerprint density at radius 1 is 1.46 bits per heavy atom. The summed E-state index contributed by atoms with van der Waals surface area (Å²) < 4.78 is 1.59. The predicted octanol–water partition coefficient (Wildman–Crippen LogP) is 2.09. The molecule has 0 N–H and O–H groups in total. The van der Waals surface area contributed by atoms with Crippen LogP contribution >= 0.6 is 0 Å². The third-order valence-corrected chi connectivity index (χ3v) is 2.02. The molecular weight excluding hydrogens is 164 g/mol. The van der Waals surface area contributed by atoms with Crippen molar-refractivity contribution >= 4 is 16.9 Å². The summed E-state index contributed by atoms with van der Waals surface area (Å²) in [5.41, 5.74) is 1.75. The fraction of sp³-hybridized carbons (Fsp3) is 0.200. The maximum Gasteiger partial charge on any atom is 0.232 e. The number of rotatable bonds is 1. The monoisotopic (exact) mass is 174 g/mol. The van der Waals surface area contributed by atoms with Crippen molar-refractivity contribution in [2.75, 3.05) is 0 Å². The molecule has 3 nitrogen and oxygen atoms in total. The van der Waals surface area contributed by atoms with Crippen molar-refractivity contribution in [2.24, 2.45) is 0 Å². The second-order valence-corrected chi connectivity index (χ2v) is 2.85. The number of carbonyl (C=O) groups is 1. The van der Waals surface area contributed by atoms with Crippen molar-refractivity contribution in [1.82, 2.24) is 9.55 Å². The first kappa shape index (κ1) is 7.98. The van der Waals surface area contributed by atoms with Crippen LogP contribution in [-0.4, -0.2) is 15.5 Å². The summed E-state index contributed by atoms with van der Waals surface area (Å²) >= 11 is 0. The molecule has 1 heterocycles. The number of carbonyl (C=O) groups excluding carboxylic acids is 1. The van der Waals surface area contributed by atoms with E-state index >= 15 is 0 Å². The van der Waals surface area contributed by atoms with Crippen LogP contribution in [0.15, 0.2) is 30.6 Å². The zero-order chi connectivity index (χ0) is 9.26. The molecule has 13 heavy (non-hydrogen) atoms. The molecule has 0 fully saturated rings. The van der Waals surface area contributed by atoms with Gasteiger partial charge >= 0.3 is 0 Å². The Kier molecular flexibility index (Phi) is 1.85. The summed E-state index contributed by atoms with van der Waals surface area (Å²) in [6.07, 6.45) is 2.08. The minimum Gasteiger partial charge on any atom is -0.274 e. The fourth-order valence-electron chi connectivity index (χ4n) is 1.33. The van der Waals surface area contributed by atoms with Gasteiger partial charge in [-0.15, -0.1) is 0 Å². The van der Waals surface area contributed by atoms with Crippen LogP contribution in [-0.2, 0) is 0 Å². The number of aromatic nitrogens is 2. The molecule has 2 rings (SSSR count). The molecule has 2 aromatic rings. The normalized spacial score (nSPS) is 10.5. The maximum atomic E-state index is 11.4. The number of para-hydroxylation sites is 2. The van der Waals surface area contributed by atoms with E-state index in [0.29, 0.717) is 6.42 Å². The third kappa shape index (κ3) is 1.22. The summed E-state index contributed by atoms with van der Waals surface area (Å²) in [6.45, 7) is 1.84. The van der Waals surface area contributed by atoms with E-state index in [1.165, 1.54) is 0 Å². The first-order chi connectivity index (χ1) is 6.33. The van der Waals surface area contributed by atoms with E-state index in [9.17, 15) is 4.79 Å². The Labute approximate surface area is 76.0 Å². The molecule has 0 amide bonds. The Hall–Kier alpha value is -1.64. The molecular formula is C10H10N2O. The molecule has 0 bridgehead atoms. The summed E-state index contributed by atoms with van der Waals surface area (Å²) in [4.78, 5) is 15.5. The molecule has 1 aromatic carbocycles. The van der Waals surface area contributed by atoms with Crippen LogP contribution in [0.1, 0.15) is 18.1 Å². The topological polar surface area (TPSA) is 34.9 Å². The van der Waals surface area contributed by atoms with Crippen LogP contribution in [0, 0.1) is 0 Å². The third-order valence-electron chi connectivity index (χ3n) is 2.02. The summed E-state index contributed by atoms with van der Waals surface area (Å²) in [5, 5.41) is 0. The zero-order valence-electron chi connectivity index (χ0n) is 7.40. The molecule has 66 valence electrons. The molecule has 0 radical (unpaired) electrons. The number of fused-ring (bicyclic) bond motifs is 1. The highest BCUT2D eigenvalue weighted by atomic mass is 16.2. The minimum atomic E-state index is 0.0775. The first-order valence-corrected chi connectivity index (χ1v) is 4.28. The summed E-state index contributed by atoms with van der Waals surface area (Å²) in [5.74, 6) is 0.0775. The van der Waals surface area contributed by atoms with Gasteiger partial charge in [-0.25, -0.2) is 4.98 Å². The molecule has 0 aliphatic carbocycles. The van der Waals surface area contributed by atoms with Crippen LogP contribution in [0.5, 0.6) is 0 Å². The van der Waals surface area contributed by atoms with Gasteiger partial charge < -0.3 is 0 Å². The SMILES string of the molecule is CCC(=O)n1cnc2ccccc21. The van der Waals surface area contributed by atoms with E-state index in [1.807, 2.05) is 31.2 Å². The summed E-state index contributed by atoms with van der Waals surface area (Å²) in [6, 6.07) is 7.62. The van der Waals surface area contributed by atoms with Gasteiger partial charge in [-0.3, -0.25) is 9.36 Å². The van der Waals surface area contributed by atoms with Gasteiger partial charge in [0.25, 0.3) is 0 Å². The lowest BCUT2D eigenvalue weighted by atomic mass is 10.3. The van der Waals surface area contributed by atoms with Crippen molar-refractivity contribution in [3.8, 4) is 0 Å². The Bertz CT molecular complexity index is 445. The number of hydrogen-bond donors (Lipinski definition) is 0. The number of benzene rings is 1. The van der Waals surface area contributed by atoms with Gasteiger partial charge in [-0.05, 0) is 12.1 Å². The lowest BCUT2D eigenvalue weighted by Gasteiger charge is -1.98. The average molecular weight is 174 g/mol. The lowest BCUT2D eigenvalue weighted by Crippen LogP contribution is -2.06. The molecule has 0 aliphatic heterocycles. The average Bonchev–Trinajstić information content (AvgIpc) is 2.60. The quantitative estimate of drug-likeness (QED) is 0.663. The molecule has 0 unspecified atom stereocenters. The maximum absolute atomic E-state index is 11.4. The molecule has 0 aliphatic rings. The van der Waals surface area contributed by atoms with Gasteiger partial charge in [-0.1, -0.05) is 19.1 Å². The highest BCUT2D eigenvalue weighted by molar-refractivity contribution is 5.89. The molecule has 0 atom stereocenters. The van der Waals surface area contributed by atoms with E-state index in [4.69, 9.17) is 0 Å². The molecule has 0 saturated heterocycles. The molecule has 0 saturated carbocycles. The Morgan fingerprint density at radius 2 is 2.23 bits per heavy atom. The van der Waals surface area contributed by atoms with Gasteiger partial charge in [-0.2, -0.15) is 0 Å². The van der Waals surface area contributed by atoms with Crippen LogP contribution in [0.4, 0.5) is 0 Å². The van der Waals surface area contributed by atoms with E-state index < -0.39 is 0 Å². The highest BCUT2D eigenvalue weighted by Crippen LogP contribution is 2.11. The summed E-state index contributed by atoms with van der Waals surface area (Å²) in [7, 11) is 0. The van der Waals surface area contributed by atoms with E-state index in [-0.39, 0.29) is 5.91 Å². The van der Waals surface area contributed by atoms with Crippen molar-refractivity contribution in [3.05, 3.63) is 30.6 Å². The number of hydrogen-bond acceptors (Lipinski definition) is 2. The van der Waals surface area contributed by atoms with Crippen LogP contribution in [0.2, 0.25) is 0 Å². The van der Waals surface area contributed by atoms with Crippen LogP contribution < -0.4 is 0 Å². The smallest absolute Gasteiger partial charge is 0.232 e. The zero-order valence-corrected chi connectivity index (χ0v) is 7.40. The predicted molar refractivity (Wildman–Crippen MR) is 50.7 cm³/mol. The second-order valence-electron chi connectivity index (χ2n) is 2.85. The fourth-order valence-corrected chi connectivity index (χ4v) is 1.33. The Morgan fingerprint density at radius 3 is 3.00 bits per heavy atom. The van der Waals surface area contributed by atoms with Gasteiger partial charge in [0.2, 0.25) is 5.91 Å². The van der Waals surface area contributed by atoms with Crippen LogP contribution in [0.3, 0.4) is 0 Å². The number of imidazole rings is 1. The lowest BCUT2D eigenvalue weighted by molar-refractivity contribution is 0.0913. The van der Waals surface area contributed by atoms with Gasteiger partial charge in [0, 0.05) is 6.42 Å². The Balaban J connectivity index is 2.64. The highest BCUT2D eigenvalue weighted by Gasteiger charge is 2.06. The van der Waals surface area contributed by atoms with Gasteiger partial charge in [0.15, 0.2) is 0 Å². The molecule has 3 heteroatoms. The van der Waals surface area contributed by atoms with Crippen LogP contribution in [0.25, 0.3) is 11.0 Å². The minimum absolute atomic E-state index is 0.0775.